The number of piperidine rings is 1. The van der Waals surface area contributed by atoms with Gasteiger partial charge in [0.25, 0.3) is 0 Å². The smallest absolute Gasteiger partial charge is 0.319 e. The number of rotatable bonds is 2. The van der Waals surface area contributed by atoms with Crippen molar-refractivity contribution in [3.05, 3.63) is 24.5 Å². The fraction of sp³-hybridized carbons (Fsp3) is 0.529. The summed E-state index contributed by atoms with van der Waals surface area (Å²) in [7, 11) is 5.74. The molecule has 23 heavy (non-hydrogen) atoms. The van der Waals surface area contributed by atoms with Crippen molar-refractivity contribution in [2.75, 3.05) is 39.1 Å². The fourth-order valence-corrected chi connectivity index (χ4v) is 3.44. The molecule has 1 aliphatic heterocycles. The number of amides is 2. The first kappa shape index (κ1) is 15.6. The number of pyridine rings is 1. The summed E-state index contributed by atoms with van der Waals surface area (Å²) < 4.78 is 0. The molecule has 2 amide bonds. The highest BCUT2D eigenvalue weighted by atomic mass is 16.2. The lowest BCUT2D eigenvalue weighted by Crippen LogP contribution is -2.54. The first-order valence-electron chi connectivity index (χ1n) is 8.10. The van der Waals surface area contributed by atoms with Gasteiger partial charge in [0, 0.05) is 63.7 Å². The van der Waals surface area contributed by atoms with Gasteiger partial charge < -0.3 is 19.7 Å². The highest BCUT2D eigenvalue weighted by molar-refractivity contribution is 5.89. The average molecular weight is 315 g/mol. The summed E-state index contributed by atoms with van der Waals surface area (Å²) in [5.41, 5.74) is 2.06. The van der Waals surface area contributed by atoms with Crippen LogP contribution in [0.4, 0.5) is 10.5 Å². The van der Waals surface area contributed by atoms with Gasteiger partial charge in [-0.3, -0.25) is 0 Å². The normalized spacial score (nSPS) is 21.5. The van der Waals surface area contributed by atoms with Gasteiger partial charge in [-0.05, 0) is 24.5 Å². The van der Waals surface area contributed by atoms with Crippen LogP contribution in [0.1, 0.15) is 13.3 Å². The molecule has 0 radical (unpaired) electrons. The number of aromatic nitrogens is 2. The number of hydrogen-bond donors (Lipinski definition) is 1. The quantitative estimate of drug-likeness (QED) is 0.926. The number of nitrogens with one attached hydrogen (secondary N) is 1. The van der Waals surface area contributed by atoms with Gasteiger partial charge in [0.1, 0.15) is 5.65 Å². The number of nitrogens with zero attached hydrogens (tertiary/aromatic N) is 4. The molecule has 6 heteroatoms. The van der Waals surface area contributed by atoms with Crippen molar-refractivity contribution < 1.29 is 4.79 Å². The molecule has 124 valence electrons. The first-order valence-corrected chi connectivity index (χ1v) is 8.10. The summed E-state index contributed by atoms with van der Waals surface area (Å²) in [6.07, 6.45) is 4.78. The Bertz CT molecular complexity index is 695. The molecule has 1 fully saturated rings. The van der Waals surface area contributed by atoms with Crippen LogP contribution >= 0.6 is 0 Å². The molecule has 1 saturated heterocycles. The number of urea groups is 1. The van der Waals surface area contributed by atoms with Crippen molar-refractivity contribution in [3.8, 4) is 0 Å². The predicted octanol–water partition coefficient (Wildman–Crippen LogP) is 2.39. The van der Waals surface area contributed by atoms with E-state index in [1.54, 1.807) is 4.90 Å². The first-order chi connectivity index (χ1) is 11.0. The zero-order chi connectivity index (χ0) is 16.6. The summed E-state index contributed by atoms with van der Waals surface area (Å²) in [4.78, 5) is 25.7. The molecule has 2 aromatic heterocycles. The molecule has 0 aromatic carbocycles. The van der Waals surface area contributed by atoms with E-state index < -0.39 is 0 Å². The van der Waals surface area contributed by atoms with E-state index in [4.69, 9.17) is 0 Å². The SMILES string of the molecule is C[C@@H]1CCN(C(=O)N(C)C)CC1N(C)c1ccnc2[nH]ccc12. The van der Waals surface area contributed by atoms with E-state index in [-0.39, 0.29) is 6.03 Å². The molecule has 0 saturated carbocycles. The van der Waals surface area contributed by atoms with E-state index >= 15 is 0 Å². The number of aromatic amines is 1. The molecular weight excluding hydrogens is 290 g/mol. The Labute approximate surface area is 137 Å². The van der Waals surface area contributed by atoms with Crippen molar-refractivity contribution >= 4 is 22.8 Å². The zero-order valence-electron chi connectivity index (χ0n) is 14.3. The third kappa shape index (κ3) is 2.85. The van der Waals surface area contributed by atoms with Gasteiger partial charge in [-0.2, -0.15) is 0 Å². The van der Waals surface area contributed by atoms with Crippen molar-refractivity contribution in [2.24, 2.45) is 5.92 Å². The zero-order valence-corrected chi connectivity index (χ0v) is 14.3. The number of likely N-dealkylation sites (tertiary alicyclic amines) is 1. The lowest BCUT2D eigenvalue weighted by Gasteiger charge is -2.43. The molecule has 0 bridgehead atoms. The maximum absolute atomic E-state index is 12.3. The van der Waals surface area contributed by atoms with Gasteiger partial charge in [-0.1, -0.05) is 6.92 Å². The second-order valence-corrected chi connectivity index (χ2v) is 6.64. The van der Waals surface area contributed by atoms with E-state index in [0.717, 1.165) is 36.2 Å². The molecule has 2 aromatic rings. The second-order valence-electron chi connectivity index (χ2n) is 6.64. The molecule has 2 atom stereocenters. The number of fused-ring (bicyclic) bond motifs is 1. The Morgan fingerprint density at radius 2 is 2.13 bits per heavy atom. The van der Waals surface area contributed by atoms with Gasteiger partial charge >= 0.3 is 6.03 Å². The van der Waals surface area contributed by atoms with Crippen LogP contribution in [-0.4, -0.2) is 66.1 Å². The van der Waals surface area contributed by atoms with Crippen LogP contribution in [-0.2, 0) is 0 Å². The van der Waals surface area contributed by atoms with Crippen molar-refractivity contribution in [3.63, 3.8) is 0 Å². The molecule has 3 heterocycles. The number of H-pyrrole nitrogens is 1. The molecule has 1 unspecified atom stereocenters. The fourth-order valence-electron chi connectivity index (χ4n) is 3.44. The largest absolute Gasteiger partial charge is 0.369 e. The summed E-state index contributed by atoms with van der Waals surface area (Å²) >= 11 is 0. The monoisotopic (exact) mass is 315 g/mol. The van der Waals surface area contributed by atoms with Crippen LogP contribution in [0.5, 0.6) is 0 Å². The third-order valence-electron chi connectivity index (χ3n) is 4.89. The van der Waals surface area contributed by atoms with Crippen molar-refractivity contribution in [1.82, 2.24) is 19.8 Å². The molecule has 0 spiro atoms. The standard InChI is InChI=1S/C17H25N5O/c1-12-7-10-22(17(23)20(2)3)11-15(12)21(4)14-6-9-19-16-13(14)5-8-18-16/h5-6,8-9,12,15H,7,10-11H2,1-4H3,(H,18,19)/t12-,15?/m1/s1. The van der Waals surface area contributed by atoms with Gasteiger partial charge in [0.05, 0.1) is 0 Å². The number of anilines is 1. The minimum Gasteiger partial charge on any atom is -0.369 e. The molecule has 3 rings (SSSR count). The Kier molecular flexibility index (Phi) is 4.15. The highest BCUT2D eigenvalue weighted by Gasteiger charge is 2.32. The molecule has 0 aliphatic carbocycles. The molecule has 1 aliphatic rings. The van der Waals surface area contributed by atoms with Gasteiger partial charge in [-0.25, -0.2) is 9.78 Å². The van der Waals surface area contributed by atoms with Crippen LogP contribution < -0.4 is 4.90 Å². The second kappa shape index (κ2) is 6.10. The Balaban J connectivity index is 1.86. The number of carbonyl (C=O) groups excluding carboxylic acids is 1. The van der Waals surface area contributed by atoms with E-state index in [1.165, 1.54) is 0 Å². The van der Waals surface area contributed by atoms with Crippen molar-refractivity contribution in [2.45, 2.75) is 19.4 Å². The number of hydrogen-bond acceptors (Lipinski definition) is 3. The lowest BCUT2D eigenvalue weighted by atomic mass is 9.92. The third-order valence-corrected chi connectivity index (χ3v) is 4.89. The average Bonchev–Trinajstić information content (AvgIpc) is 3.02. The van der Waals surface area contributed by atoms with Crippen LogP contribution in [0.2, 0.25) is 0 Å². The maximum atomic E-state index is 12.3. The predicted molar refractivity (Wildman–Crippen MR) is 92.7 cm³/mol. The maximum Gasteiger partial charge on any atom is 0.319 e. The van der Waals surface area contributed by atoms with E-state index in [9.17, 15) is 4.79 Å². The Morgan fingerprint density at radius 3 is 2.87 bits per heavy atom. The Morgan fingerprint density at radius 1 is 1.35 bits per heavy atom. The summed E-state index contributed by atoms with van der Waals surface area (Å²) in [5.74, 6) is 0.536. The van der Waals surface area contributed by atoms with Crippen LogP contribution in [0.3, 0.4) is 0 Å². The molecule has 6 nitrogen and oxygen atoms in total. The summed E-state index contributed by atoms with van der Waals surface area (Å²) in [5, 5.41) is 1.12. The minimum atomic E-state index is 0.0943. The van der Waals surface area contributed by atoms with Crippen LogP contribution in [0.15, 0.2) is 24.5 Å². The Hall–Kier alpha value is -2.24. The van der Waals surface area contributed by atoms with Gasteiger partial charge in [-0.15, -0.1) is 0 Å². The lowest BCUT2D eigenvalue weighted by molar-refractivity contribution is 0.140. The number of carbonyl (C=O) groups is 1. The van der Waals surface area contributed by atoms with Gasteiger partial charge in [0.15, 0.2) is 0 Å². The topological polar surface area (TPSA) is 55.5 Å². The number of likely N-dealkylation sites (N-methyl/N-ethyl adjacent to an activating group) is 1. The summed E-state index contributed by atoms with van der Waals surface area (Å²) in [6.45, 7) is 3.86. The van der Waals surface area contributed by atoms with Crippen LogP contribution in [0, 0.1) is 5.92 Å². The highest BCUT2D eigenvalue weighted by Crippen LogP contribution is 2.30. The van der Waals surface area contributed by atoms with E-state index in [0.29, 0.717) is 12.0 Å². The van der Waals surface area contributed by atoms with Gasteiger partial charge in [0.2, 0.25) is 0 Å². The molecular formula is C17H25N5O. The van der Waals surface area contributed by atoms with Crippen LogP contribution in [0.25, 0.3) is 11.0 Å². The van der Waals surface area contributed by atoms with E-state index in [1.807, 2.05) is 31.4 Å². The molecule has 1 N–H and O–H groups in total. The van der Waals surface area contributed by atoms with Crippen molar-refractivity contribution in [1.29, 1.82) is 0 Å². The summed E-state index contributed by atoms with van der Waals surface area (Å²) in [6, 6.07) is 4.50. The van der Waals surface area contributed by atoms with E-state index in [2.05, 4.69) is 41.0 Å². The minimum absolute atomic E-state index is 0.0943.